The van der Waals surface area contributed by atoms with Gasteiger partial charge in [-0.3, -0.25) is 5.10 Å². The predicted molar refractivity (Wildman–Crippen MR) is 94.3 cm³/mol. The molecule has 1 N–H and O–H groups in total. The number of H-pyrrole nitrogens is 1. The van der Waals surface area contributed by atoms with E-state index in [1.165, 1.54) is 23.1 Å². The molecule has 3 heterocycles. The average Bonchev–Trinajstić information content (AvgIpc) is 3.09. The number of piperidine rings is 1. The smallest absolute Gasteiger partial charge is 0.129 e. The van der Waals surface area contributed by atoms with Crippen LogP contribution in [0, 0.1) is 6.92 Å². The van der Waals surface area contributed by atoms with Crippen molar-refractivity contribution < 1.29 is 0 Å². The largest absolute Gasteiger partial charge is 0.356 e. The van der Waals surface area contributed by atoms with Gasteiger partial charge in [0.05, 0.1) is 5.52 Å². The van der Waals surface area contributed by atoms with Crippen LogP contribution in [-0.4, -0.2) is 28.3 Å². The maximum absolute atomic E-state index is 6.14. The van der Waals surface area contributed by atoms with Crippen molar-refractivity contribution in [2.45, 2.75) is 25.7 Å². The highest BCUT2D eigenvalue weighted by molar-refractivity contribution is 6.31. The number of anilines is 1. The number of aryl methyl sites for hydroxylation is 1. The Labute approximate surface area is 140 Å². The first kappa shape index (κ1) is 14.5. The second kappa shape index (κ2) is 5.85. The summed E-state index contributed by atoms with van der Waals surface area (Å²) in [6.45, 7) is 4.15. The molecule has 5 heteroatoms. The van der Waals surface area contributed by atoms with Crippen LogP contribution in [0.1, 0.15) is 30.0 Å². The number of benzene rings is 1. The van der Waals surface area contributed by atoms with E-state index >= 15 is 0 Å². The van der Waals surface area contributed by atoms with Gasteiger partial charge in [0.2, 0.25) is 0 Å². The lowest BCUT2D eigenvalue weighted by Crippen LogP contribution is -2.35. The Morgan fingerprint density at radius 3 is 3.00 bits per heavy atom. The van der Waals surface area contributed by atoms with Gasteiger partial charge in [-0.2, -0.15) is 5.10 Å². The number of pyridine rings is 1. The number of rotatable bonds is 2. The Morgan fingerprint density at radius 1 is 1.26 bits per heavy atom. The molecule has 1 aromatic carbocycles. The van der Waals surface area contributed by atoms with Crippen LogP contribution in [0.2, 0.25) is 5.02 Å². The highest BCUT2D eigenvalue weighted by Gasteiger charge is 2.23. The zero-order valence-corrected chi connectivity index (χ0v) is 13.8. The number of nitrogens with one attached hydrogen (secondary N) is 1. The molecule has 118 valence electrons. The van der Waals surface area contributed by atoms with Crippen LogP contribution in [0.15, 0.2) is 36.5 Å². The first-order valence-corrected chi connectivity index (χ1v) is 8.39. The Bertz CT molecular complexity index is 828. The molecule has 0 saturated carbocycles. The van der Waals surface area contributed by atoms with E-state index in [0.717, 1.165) is 35.9 Å². The summed E-state index contributed by atoms with van der Waals surface area (Å²) in [6, 6.07) is 10.2. The van der Waals surface area contributed by atoms with Gasteiger partial charge < -0.3 is 4.90 Å². The Morgan fingerprint density at radius 2 is 2.17 bits per heavy atom. The Balaban J connectivity index is 1.68. The SMILES string of the molecule is Cc1cc(N2CCCC(c3ccn[nH]3)C2)nc2cc(Cl)ccc12. The fourth-order valence-electron chi connectivity index (χ4n) is 3.45. The predicted octanol–water partition coefficient (Wildman–Crippen LogP) is 4.30. The Kier molecular flexibility index (Phi) is 3.69. The molecule has 3 aromatic rings. The molecular formula is C18H19ClN4. The van der Waals surface area contributed by atoms with Gasteiger partial charge in [0.1, 0.15) is 5.82 Å². The van der Waals surface area contributed by atoms with Gasteiger partial charge in [0.25, 0.3) is 0 Å². The van der Waals surface area contributed by atoms with E-state index in [1.54, 1.807) is 0 Å². The van der Waals surface area contributed by atoms with Gasteiger partial charge in [-0.25, -0.2) is 4.98 Å². The van der Waals surface area contributed by atoms with Gasteiger partial charge in [-0.05, 0) is 49.6 Å². The van der Waals surface area contributed by atoms with Crippen LogP contribution >= 0.6 is 11.6 Å². The molecule has 0 amide bonds. The lowest BCUT2D eigenvalue weighted by molar-refractivity contribution is 0.498. The molecule has 0 bridgehead atoms. The minimum Gasteiger partial charge on any atom is -0.356 e. The second-order valence-electron chi connectivity index (χ2n) is 6.26. The molecule has 0 spiro atoms. The molecule has 1 atom stereocenters. The summed E-state index contributed by atoms with van der Waals surface area (Å²) in [5, 5.41) is 9.10. The van der Waals surface area contributed by atoms with Crippen molar-refractivity contribution in [3.63, 3.8) is 0 Å². The molecule has 1 aliphatic rings. The molecule has 1 unspecified atom stereocenters. The van der Waals surface area contributed by atoms with E-state index in [9.17, 15) is 0 Å². The average molecular weight is 327 g/mol. The maximum Gasteiger partial charge on any atom is 0.129 e. The number of hydrogen-bond acceptors (Lipinski definition) is 3. The third-order valence-electron chi connectivity index (χ3n) is 4.67. The van der Waals surface area contributed by atoms with Crippen LogP contribution in [0.25, 0.3) is 10.9 Å². The van der Waals surface area contributed by atoms with Crippen molar-refractivity contribution in [2.24, 2.45) is 0 Å². The Hall–Kier alpha value is -2.07. The van der Waals surface area contributed by atoms with Gasteiger partial charge in [0.15, 0.2) is 0 Å². The molecule has 1 aliphatic heterocycles. The molecule has 4 rings (SSSR count). The molecule has 0 aliphatic carbocycles. The van der Waals surface area contributed by atoms with Crippen molar-refractivity contribution in [2.75, 3.05) is 18.0 Å². The number of aromatic nitrogens is 3. The van der Waals surface area contributed by atoms with Crippen LogP contribution < -0.4 is 4.90 Å². The first-order valence-electron chi connectivity index (χ1n) is 8.02. The monoisotopic (exact) mass is 326 g/mol. The van der Waals surface area contributed by atoms with Crippen molar-refractivity contribution in [1.82, 2.24) is 15.2 Å². The van der Waals surface area contributed by atoms with Crippen LogP contribution in [0.3, 0.4) is 0 Å². The fraction of sp³-hybridized carbons (Fsp3) is 0.333. The fourth-order valence-corrected chi connectivity index (χ4v) is 3.62. The van der Waals surface area contributed by atoms with Crippen LogP contribution in [0.4, 0.5) is 5.82 Å². The summed E-state index contributed by atoms with van der Waals surface area (Å²) in [5.41, 5.74) is 3.43. The zero-order chi connectivity index (χ0) is 15.8. The van der Waals surface area contributed by atoms with E-state index < -0.39 is 0 Å². The lowest BCUT2D eigenvalue weighted by Gasteiger charge is -2.33. The number of fused-ring (bicyclic) bond motifs is 1. The third kappa shape index (κ3) is 2.79. The molecule has 0 radical (unpaired) electrons. The highest BCUT2D eigenvalue weighted by Crippen LogP contribution is 2.30. The summed E-state index contributed by atoms with van der Waals surface area (Å²) in [5.74, 6) is 1.53. The summed E-state index contributed by atoms with van der Waals surface area (Å²) < 4.78 is 0. The zero-order valence-electron chi connectivity index (χ0n) is 13.1. The van der Waals surface area contributed by atoms with E-state index in [0.29, 0.717) is 5.92 Å². The minimum absolute atomic E-state index is 0.489. The number of nitrogens with zero attached hydrogens (tertiary/aromatic N) is 3. The summed E-state index contributed by atoms with van der Waals surface area (Å²) in [4.78, 5) is 7.23. The standard InChI is InChI=1S/C18H19ClN4/c1-12-9-18(21-17-10-14(19)4-5-15(12)17)23-8-2-3-13(11-23)16-6-7-20-22-16/h4-7,9-10,13H,2-3,8,11H2,1H3,(H,20,22). The summed E-state index contributed by atoms with van der Waals surface area (Å²) in [7, 11) is 0. The van der Waals surface area contributed by atoms with Crippen molar-refractivity contribution in [3.8, 4) is 0 Å². The summed E-state index contributed by atoms with van der Waals surface area (Å²) in [6.07, 6.45) is 4.18. The molecule has 4 nitrogen and oxygen atoms in total. The van der Waals surface area contributed by atoms with Crippen LogP contribution in [-0.2, 0) is 0 Å². The number of halogens is 1. The topological polar surface area (TPSA) is 44.8 Å². The maximum atomic E-state index is 6.14. The number of aromatic amines is 1. The van der Waals surface area contributed by atoms with E-state index in [4.69, 9.17) is 16.6 Å². The van der Waals surface area contributed by atoms with Crippen molar-refractivity contribution in [1.29, 1.82) is 0 Å². The normalized spacial score (nSPS) is 18.5. The van der Waals surface area contributed by atoms with Gasteiger partial charge in [0, 0.05) is 41.3 Å². The van der Waals surface area contributed by atoms with E-state index in [-0.39, 0.29) is 0 Å². The first-order chi connectivity index (χ1) is 11.2. The highest BCUT2D eigenvalue weighted by atomic mass is 35.5. The quantitative estimate of drug-likeness (QED) is 0.763. The molecule has 23 heavy (non-hydrogen) atoms. The lowest BCUT2D eigenvalue weighted by atomic mass is 9.95. The van der Waals surface area contributed by atoms with Gasteiger partial charge in [-0.1, -0.05) is 17.7 Å². The molecular weight excluding hydrogens is 308 g/mol. The molecule has 1 saturated heterocycles. The third-order valence-corrected chi connectivity index (χ3v) is 4.91. The van der Waals surface area contributed by atoms with E-state index in [2.05, 4.69) is 34.2 Å². The molecule has 1 fully saturated rings. The molecule has 2 aromatic heterocycles. The van der Waals surface area contributed by atoms with Crippen LogP contribution in [0.5, 0.6) is 0 Å². The van der Waals surface area contributed by atoms with Crippen molar-refractivity contribution in [3.05, 3.63) is 52.8 Å². The van der Waals surface area contributed by atoms with Gasteiger partial charge >= 0.3 is 0 Å². The minimum atomic E-state index is 0.489. The number of hydrogen-bond donors (Lipinski definition) is 1. The summed E-state index contributed by atoms with van der Waals surface area (Å²) >= 11 is 6.14. The van der Waals surface area contributed by atoms with E-state index in [1.807, 2.05) is 24.4 Å². The van der Waals surface area contributed by atoms with Gasteiger partial charge in [-0.15, -0.1) is 0 Å². The second-order valence-corrected chi connectivity index (χ2v) is 6.69. The van der Waals surface area contributed by atoms with Crippen molar-refractivity contribution >= 4 is 28.3 Å².